The van der Waals surface area contributed by atoms with Crippen molar-refractivity contribution in [2.75, 3.05) is 0 Å². The lowest BCUT2D eigenvalue weighted by Crippen LogP contribution is -1.96. The lowest BCUT2D eigenvalue weighted by molar-refractivity contribution is -0.137. The number of rotatable bonds is 6. The molecule has 0 spiro atoms. The van der Waals surface area contributed by atoms with Gasteiger partial charge in [0, 0.05) is 12.1 Å². The van der Waals surface area contributed by atoms with Crippen LogP contribution in [0.25, 0.3) is 0 Å². The van der Waals surface area contributed by atoms with Crippen molar-refractivity contribution in [1.82, 2.24) is 4.98 Å². The highest BCUT2D eigenvalue weighted by atomic mass is 16.4. The van der Waals surface area contributed by atoms with E-state index >= 15 is 0 Å². The first kappa shape index (κ1) is 11.5. The fraction of sp³-hybridized carbons (Fsp3) is 0.400. The maximum Gasteiger partial charge on any atom is 0.303 e. The van der Waals surface area contributed by atoms with E-state index in [-0.39, 0.29) is 13.0 Å². The number of aliphatic hydroxyl groups is 1. The minimum absolute atomic E-state index is 0.0813. The molecule has 0 aliphatic carbocycles. The molecule has 82 valence electrons. The summed E-state index contributed by atoms with van der Waals surface area (Å²) >= 11 is 0. The molecule has 15 heavy (non-hydrogen) atoms. The number of carbonyl (C=O) groups is 2. The van der Waals surface area contributed by atoms with Gasteiger partial charge < -0.3 is 15.2 Å². The van der Waals surface area contributed by atoms with E-state index in [4.69, 9.17) is 10.2 Å². The quantitative estimate of drug-likeness (QED) is 0.605. The first-order chi connectivity index (χ1) is 7.17. The van der Waals surface area contributed by atoms with Crippen molar-refractivity contribution in [1.29, 1.82) is 0 Å². The Kier molecular flexibility index (Phi) is 4.05. The number of H-pyrrole nitrogens is 1. The number of aldehydes is 1. The Balaban J connectivity index is 2.62. The molecular weight excluding hydrogens is 198 g/mol. The molecule has 0 unspecified atom stereocenters. The van der Waals surface area contributed by atoms with Gasteiger partial charge >= 0.3 is 5.97 Å². The van der Waals surface area contributed by atoms with E-state index in [1.165, 1.54) is 0 Å². The maximum absolute atomic E-state index is 10.6. The van der Waals surface area contributed by atoms with Crippen molar-refractivity contribution in [3.05, 3.63) is 23.0 Å². The van der Waals surface area contributed by atoms with Gasteiger partial charge in [-0.3, -0.25) is 9.59 Å². The third-order valence-electron chi connectivity index (χ3n) is 2.11. The predicted octanol–water partition coefficient (Wildman–Crippen LogP) is 0.727. The third kappa shape index (κ3) is 3.21. The zero-order chi connectivity index (χ0) is 11.3. The summed E-state index contributed by atoms with van der Waals surface area (Å²) < 4.78 is 0. The molecule has 0 amide bonds. The van der Waals surface area contributed by atoms with E-state index in [1.54, 1.807) is 6.07 Å². The Morgan fingerprint density at radius 2 is 2.27 bits per heavy atom. The second-order valence-electron chi connectivity index (χ2n) is 3.26. The highest BCUT2D eigenvalue weighted by molar-refractivity contribution is 5.75. The van der Waals surface area contributed by atoms with Gasteiger partial charge in [-0.05, 0) is 24.5 Å². The van der Waals surface area contributed by atoms with Gasteiger partial charge in [-0.2, -0.15) is 0 Å². The predicted molar refractivity (Wildman–Crippen MR) is 52.7 cm³/mol. The summed E-state index contributed by atoms with van der Waals surface area (Å²) in [4.78, 5) is 23.7. The Morgan fingerprint density at radius 1 is 1.53 bits per heavy atom. The van der Waals surface area contributed by atoms with Gasteiger partial charge in [-0.15, -0.1) is 0 Å². The molecule has 0 atom stereocenters. The van der Waals surface area contributed by atoms with Crippen LogP contribution in [0, 0.1) is 0 Å². The van der Waals surface area contributed by atoms with Crippen LogP contribution in [0.15, 0.2) is 6.07 Å². The van der Waals surface area contributed by atoms with E-state index < -0.39 is 5.97 Å². The van der Waals surface area contributed by atoms with Crippen molar-refractivity contribution in [3.63, 3.8) is 0 Å². The van der Waals surface area contributed by atoms with Crippen LogP contribution < -0.4 is 0 Å². The van der Waals surface area contributed by atoms with Gasteiger partial charge in [0.1, 0.15) is 0 Å². The average Bonchev–Trinajstić information content (AvgIpc) is 2.60. The van der Waals surface area contributed by atoms with E-state index in [9.17, 15) is 9.59 Å². The summed E-state index contributed by atoms with van der Waals surface area (Å²) in [7, 11) is 0. The number of aliphatic carboxylic acids is 1. The number of hydrogen-bond acceptors (Lipinski definition) is 3. The molecule has 5 nitrogen and oxygen atoms in total. The molecule has 0 bridgehead atoms. The highest BCUT2D eigenvalue weighted by Gasteiger charge is 2.07. The van der Waals surface area contributed by atoms with Gasteiger partial charge in [0.15, 0.2) is 6.29 Å². The molecule has 1 aromatic rings. The average molecular weight is 211 g/mol. The number of nitrogens with one attached hydrogen (secondary N) is 1. The summed E-state index contributed by atoms with van der Waals surface area (Å²) in [5.41, 5.74) is 1.75. The second kappa shape index (κ2) is 5.31. The van der Waals surface area contributed by atoms with Crippen LogP contribution >= 0.6 is 0 Å². The lowest BCUT2D eigenvalue weighted by atomic mass is 10.1. The van der Waals surface area contributed by atoms with Gasteiger partial charge in [0.2, 0.25) is 0 Å². The number of aromatic amines is 1. The molecule has 1 heterocycles. The largest absolute Gasteiger partial charge is 0.481 e. The van der Waals surface area contributed by atoms with Crippen LogP contribution in [0.2, 0.25) is 0 Å². The Bertz CT molecular complexity index is 356. The molecule has 0 radical (unpaired) electrons. The van der Waals surface area contributed by atoms with Crippen molar-refractivity contribution in [2.45, 2.75) is 25.9 Å². The normalized spacial score (nSPS) is 10.2. The van der Waals surface area contributed by atoms with Gasteiger partial charge in [-0.1, -0.05) is 0 Å². The van der Waals surface area contributed by atoms with Crippen LogP contribution in [-0.2, 0) is 17.8 Å². The standard InChI is InChI=1S/C10H13NO4/c12-5-8-4-7(9(6-13)11-8)2-1-3-10(14)15/h4,6,11-12H,1-3,5H2,(H,14,15). The molecule has 1 rings (SSSR count). The van der Waals surface area contributed by atoms with Crippen molar-refractivity contribution in [3.8, 4) is 0 Å². The number of aromatic nitrogens is 1. The van der Waals surface area contributed by atoms with Crippen LogP contribution in [0.4, 0.5) is 0 Å². The third-order valence-corrected chi connectivity index (χ3v) is 2.11. The summed E-state index contributed by atoms with van der Waals surface area (Å²) in [6, 6.07) is 1.69. The first-order valence-electron chi connectivity index (χ1n) is 4.66. The van der Waals surface area contributed by atoms with Crippen LogP contribution in [0.3, 0.4) is 0 Å². The van der Waals surface area contributed by atoms with E-state index in [0.29, 0.717) is 30.5 Å². The second-order valence-corrected chi connectivity index (χ2v) is 3.26. The molecule has 0 saturated carbocycles. The van der Waals surface area contributed by atoms with Crippen molar-refractivity contribution >= 4 is 12.3 Å². The van der Waals surface area contributed by atoms with Gasteiger partial charge in [-0.25, -0.2) is 0 Å². The molecule has 0 fully saturated rings. The number of carboxylic acids is 1. The highest BCUT2D eigenvalue weighted by Crippen LogP contribution is 2.12. The molecular formula is C10H13NO4. The molecule has 5 heteroatoms. The summed E-state index contributed by atoms with van der Waals surface area (Å²) in [5, 5.41) is 17.3. The molecule has 0 saturated heterocycles. The number of carbonyl (C=O) groups excluding carboxylic acids is 1. The minimum Gasteiger partial charge on any atom is -0.481 e. The summed E-state index contributed by atoms with van der Waals surface area (Å²) in [5.74, 6) is -0.847. The van der Waals surface area contributed by atoms with E-state index in [2.05, 4.69) is 4.98 Å². The topological polar surface area (TPSA) is 90.4 Å². The summed E-state index contributed by atoms with van der Waals surface area (Å²) in [6.45, 7) is -0.153. The Morgan fingerprint density at radius 3 is 2.80 bits per heavy atom. The monoisotopic (exact) mass is 211 g/mol. The molecule has 1 aromatic heterocycles. The van der Waals surface area contributed by atoms with Crippen molar-refractivity contribution in [2.24, 2.45) is 0 Å². The molecule has 0 aromatic carbocycles. The van der Waals surface area contributed by atoms with Gasteiger partial charge in [0.25, 0.3) is 0 Å². The Labute approximate surface area is 86.7 Å². The number of hydrogen-bond donors (Lipinski definition) is 3. The fourth-order valence-corrected chi connectivity index (χ4v) is 1.40. The molecule has 3 N–H and O–H groups in total. The number of aryl methyl sites for hydroxylation is 1. The molecule has 0 aliphatic heterocycles. The van der Waals surface area contributed by atoms with Crippen LogP contribution in [0.1, 0.15) is 34.6 Å². The zero-order valence-corrected chi connectivity index (χ0v) is 8.19. The first-order valence-corrected chi connectivity index (χ1v) is 4.66. The zero-order valence-electron chi connectivity index (χ0n) is 8.19. The summed E-state index contributed by atoms with van der Waals surface area (Å²) in [6.07, 6.45) is 1.77. The SMILES string of the molecule is O=Cc1[nH]c(CO)cc1CCCC(=O)O. The number of aliphatic hydroxyl groups excluding tert-OH is 1. The van der Waals surface area contributed by atoms with Gasteiger partial charge in [0.05, 0.1) is 12.3 Å². The number of carboxylic acid groups (broad SMARTS) is 1. The van der Waals surface area contributed by atoms with Crippen molar-refractivity contribution < 1.29 is 19.8 Å². The van der Waals surface area contributed by atoms with Crippen LogP contribution in [0.5, 0.6) is 0 Å². The molecule has 0 aliphatic rings. The maximum atomic E-state index is 10.6. The Hall–Kier alpha value is -1.62. The van der Waals surface area contributed by atoms with E-state index in [0.717, 1.165) is 5.56 Å². The lowest BCUT2D eigenvalue weighted by Gasteiger charge is -1.96. The smallest absolute Gasteiger partial charge is 0.303 e. The van der Waals surface area contributed by atoms with Crippen LogP contribution in [-0.4, -0.2) is 27.5 Å². The fourth-order valence-electron chi connectivity index (χ4n) is 1.40. The minimum atomic E-state index is -0.847. The van der Waals surface area contributed by atoms with E-state index in [1.807, 2.05) is 0 Å².